The van der Waals surface area contributed by atoms with Gasteiger partial charge in [0, 0.05) is 6.61 Å². The van der Waals surface area contributed by atoms with Crippen molar-refractivity contribution in [1.29, 1.82) is 0 Å². The van der Waals surface area contributed by atoms with E-state index in [2.05, 4.69) is 18.8 Å². The number of nitrogens with one attached hydrogen (secondary N) is 1. The normalized spacial score (nSPS) is 10.1. The Hall–Kier alpha value is -0.380. The molecule has 0 heterocycles. The van der Waals surface area contributed by atoms with E-state index in [4.69, 9.17) is 9.47 Å². The monoisotopic (exact) mass is 173 g/mol. The molecule has 12 heavy (non-hydrogen) atoms. The number of hydrogen-bond donors (Lipinski definition) is 1. The molecule has 0 aliphatic rings. The van der Waals surface area contributed by atoms with Crippen LogP contribution in [0, 0.1) is 0 Å². The van der Waals surface area contributed by atoms with E-state index in [0.29, 0.717) is 20.1 Å². The molecule has 0 radical (unpaired) electrons. The van der Waals surface area contributed by atoms with Crippen LogP contribution in [0.25, 0.3) is 0 Å². The van der Waals surface area contributed by atoms with Gasteiger partial charge in [0.1, 0.15) is 0 Å². The lowest BCUT2D eigenvalue weighted by atomic mass is 10.4. The first-order valence-corrected chi connectivity index (χ1v) is 4.39. The number of ether oxygens (including phenoxy) is 2. The third kappa shape index (κ3) is 9.62. The first-order valence-electron chi connectivity index (χ1n) is 4.39. The van der Waals surface area contributed by atoms with E-state index >= 15 is 0 Å². The molecule has 0 spiro atoms. The van der Waals surface area contributed by atoms with Crippen molar-refractivity contribution in [2.75, 3.05) is 26.7 Å². The molecule has 0 aliphatic carbocycles. The predicted octanol–water partition coefficient (Wildman–Crippen LogP) is 1.51. The van der Waals surface area contributed by atoms with E-state index < -0.39 is 0 Å². The van der Waals surface area contributed by atoms with E-state index in [9.17, 15) is 0 Å². The number of rotatable bonds is 9. The van der Waals surface area contributed by atoms with E-state index in [1.807, 2.05) is 0 Å². The summed E-state index contributed by atoms with van der Waals surface area (Å²) in [5.41, 5.74) is 0. The molecule has 3 heteroatoms. The van der Waals surface area contributed by atoms with E-state index in [0.717, 1.165) is 13.0 Å². The van der Waals surface area contributed by atoms with Crippen molar-refractivity contribution in [3.05, 3.63) is 12.7 Å². The van der Waals surface area contributed by atoms with E-state index in [-0.39, 0.29) is 0 Å². The van der Waals surface area contributed by atoms with Crippen molar-refractivity contribution >= 4 is 0 Å². The van der Waals surface area contributed by atoms with Gasteiger partial charge in [0.2, 0.25) is 0 Å². The van der Waals surface area contributed by atoms with Crippen LogP contribution in [-0.4, -0.2) is 26.7 Å². The lowest BCUT2D eigenvalue weighted by Gasteiger charge is -2.05. The molecule has 0 atom stereocenters. The summed E-state index contributed by atoms with van der Waals surface area (Å²) in [6.07, 6.45) is 4.02. The summed E-state index contributed by atoms with van der Waals surface area (Å²) in [6.45, 7) is 8.18. The molecule has 0 saturated carbocycles. The second-order valence-corrected chi connectivity index (χ2v) is 2.46. The number of unbranched alkanes of at least 4 members (excludes halogenated alkanes) is 1. The molecular formula is C9H19NO2. The molecule has 0 fully saturated rings. The highest BCUT2D eigenvalue weighted by molar-refractivity contribution is 4.63. The molecule has 0 amide bonds. The van der Waals surface area contributed by atoms with Crippen molar-refractivity contribution in [2.24, 2.45) is 0 Å². The Morgan fingerprint density at radius 2 is 2.08 bits per heavy atom. The van der Waals surface area contributed by atoms with Crippen molar-refractivity contribution in [1.82, 2.24) is 5.32 Å². The van der Waals surface area contributed by atoms with Gasteiger partial charge in [-0.1, -0.05) is 19.4 Å². The number of hydrogen-bond acceptors (Lipinski definition) is 3. The summed E-state index contributed by atoms with van der Waals surface area (Å²) in [6, 6.07) is 0. The fourth-order valence-corrected chi connectivity index (χ4v) is 0.647. The van der Waals surface area contributed by atoms with Crippen LogP contribution in [0.5, 0.6) is 0 Å². The molecule has 72 valence electrons. The maximum atomic E-state index is 5.24. The van der Waals surface area contributed by atoms with Crippen molar-refractivity contribution in [2.45, 2.75) is 19.8 Å². The Morgan fingerprint density at radius 1 is 1.33 bits per heavy atom. The second kappa shape index (κ2) is 10.6. The highest BCUT2D eigenvalue weighted by Gasteiger charge is 1.86. The highest BCUT2D eigenvalue weighted by atomic mass is 16.5. The Bertz CT molecular complexity index is 96.5. The van der Waals surface area contributed by atoms with E-state index in [1.54, 1.807) is 6.08 Å². The third-order valence-electron chi connectivity index (χ3n) is 1.29. The minimum Gasteiger partial charge on any atom is -0.366 e. The fourth-order valence-electron chi connectivity index (χ4n) is 0.647. The summed E-state index contributed by atoms with van der Waals surface area (Å²) in [5.74, 6) is 0. The van der Waals surface area contributed by atoms with Crippen molar-refractivity contribution in [3.63, 3.8) is 0 Å². The Balaban J connectivity index is 2.77. The zero-order chi connectivity index (χ0) is 9.07. The minimum absolute atomic E-state index is 0.526. The van der Waals surface area contributed by atoms with Gasteiger partial charge in [0.25, 0.3) is 0 Å². The molecule has 0 unspecified atom stereocenters. The van der Waals surface area contributed by atoms with Crippen molar-refractivity contribution < 1.29 is 9.47 Å². The quantitative estimate of drug-likeness (QED) is 0.326. The van der Waals surface area contributed by atoms with Crippen LogP contribution >= 0.6 is 0 Å². The largest absolute Gasteiger partial charge is 0.366 e. The van der Waals surface area contributed by atoms with Crippen LogP contribution < -0.4 is 5.32 Å². The second-order valence-electron chi connectivity index (χ2n) is 2.46. The summed E-state index contributed by atoms with van der Waals surface area (Å²) < 4.78 is 10.3. The van der Waals surface area contributed by atoms with Crippen LogP contribution in [0.3, 0.4) is 0 Å². The standard InChI is InChI=1S/C9H19NO2/c1-3-5-7-12-9-10-8-11-6-4-2/h4,10H,2-3,5-9H2,1H3. The summed E-state index contributed by atoms with van der Waals surface area (Å²) in [7, 11) is 0. The fraction of sp³-hybridized carbons (Fsp3) is 0.778. The molecule has 0 saturated heterocycles. The van der Waals surface area contributed by atoms with Gasteiger partial charge in [-0.2, -0.15) is 0 Å². The molecule has 0 aromatic heterocycles. The maximum absolute atomic E-state index is 5.24. The first kappa shape index (κ1) is 11.6. The van der Waals surface area contributed by atoms with Gasteiger partial charge < -0.3 is 9.47 Å². The molecule has 3 nitrogen and oxygen atoms in total. The Kier molecular flexibility index (Phi) is 10.3. The van der Waals surface area contributed by atoms with Gasteiger partial charge >= 0.3 is 0 Å². The molecule has 0 aliphatic heterocycles. The first-order chi connectivity index (χ1) is 5.91. The molecule has 0 bridgehead atoms. The lowest BCUT2D eigenvalue weighted by Crippen LogP contribution is -2.21. The van der Waals surface area contributed by atoms with Crippen LogP contribution in [0.2, 0.25) is 0 Å². The van der Waals surface area contributed by atoms with Crippen LogP contribution in [-0.2, 0) is 9.47 Å². The Morgan fingerprint density at radius 3 is 2.75 bits per heavy atom. The summed E-state index contributed by atoms with van der Waals surface area (Å²) in [4.78, 5) is 0. The predicted molar refractivity (Wildman–Crippen MR) is 49.9 cm³/mol. The van der Waals surface area contributed by atoms with Gasteiger partial charge in [-0.05, 0) is 6.42 Å². The third-order valence-corrected chi connectivity index (χ3v) is 1.29. The highest BCUT2D eigenvalue weighted by Crippen LogP contribution is 1.85. The van der Waals surface area contributed by atoms with Crippen molar-refractivity contribution in [3.8, 4) is 0 Å². The topological polar surface area (TPSA) is 30.5 Å². The average Bonchev–Trinajstić information content (AvgIpc) is 2.10. The zero-order valence-electron chi connectivity index (χ0n) is 7.84. The van der Waals surface area contributed by atoms with Gasteiger partial charge in [0.05, 0.1) is 20.1 Å². The average molecular weight is 173 g/mol. The molecule has 0 rings (SSSR count). The van der Waals surface area contributed by atoms with E-state index in [1.165, 1.54) is 6.42 Å². The summed E-state index contributed by atoms with van der Waals surface area (Å²) >= 11 is 0. The SMILES string of the molecule is C=CCOCNCOCCCC. The molecule has 0 aromatic carbocycles. The minimum atomic E-state index is 0.526. The van der Waals surface area contributed by atoms with Crippen LogP contribution in [0.1, 0.15) is 19.8 Å². The summed E-state index contributed by atoms with van der Waals surface area (Å²) in [5, 5.41) is 2.99. The van der Waals surface area contributed by atoms with Gasteiger partial charge in [0.15, 0.2) is 0 Å². The molecule has 0 aromatic rings. The lowest BCUT2D eigenvalue weighted by molar-refractivity contribution is 0.0678. The van der Waals surface area contributed by atoms with Gasteiger partial charge in [-0.25, -0.2) is 0 Å². The van der Waals surface area contributed by atoms with Crippen LogP contribution in [0.15, 0.2) is 12.7 Å². The Labute approximate surface area is 74.7 Å². The van der Waals surface area contributed by atoms with Gasteiger partial charge in [-0.15, -0.1) is 6.58 Å². The maximum Gasteiger partial charge on any atom is 0.0986 e. The molecular weight excluding hydrogens is 154 g/mol. The zero-order valence-corrected chi connectivity index (χ0v) is 7.84. The smallest absolute Gasteiger partial charge is 0.0986 e. The van der Waals surface area contributed by atoms with Gasteiger partial charge in [-0.3, -0.25) is 5.32 Å². The molecule has 1 N–H and O–H groups in total. The van der Waals surface area contributed by atoms with Crippen LogP contribution in [0.4, 0.5) is 0 Å².